The molecule has 0 fully saturated rings. The number of hydrogen-bond donors (Lipinski definition) is 0. The first-order chi connectivity index (χ1) is 8.58. The maximum Gasteiger partial charge on any atom is 0.278 e. The first-order valence-electron chi connectivity index (χ1n) is 6.64. The lowest BCUT2D eigenvalue weighted by Gasteiger charge is -2.05. The molecule has 0 saturated heterocycles. The van der Waals surface area contributed by atoms with Crippen molar-refractivity contribution < 1.29 is 5.94 Å². The van der Waals surface area contributed by atoms with E-state index in [4.69, 9.17) is 1.37 Å². The molecule has 88 valence electrons. The van der Waals surface area contributed by atoms with Crippen molar-refractivity contribution in [1.82, 2.24) is 9.78 Å². The number of rotatable bonds is 1. The quantitative estimate of drug-likeness (QED) is 0.686. The summed E-state index contributed by atoms with van der Waals surface area (Å²) in [7, 11) is 0. The van der Waals surface area contributed by atoms with E-state index >= 15 is 0 Å². The molecule has 0 spiro atoms. The molecular weight excluding hydrogens is 210 g/mol. The van der Waals surface area contributed by atoms with Crippen molar-refractivity contribution in [2.24, 2.45) is 0 Å². The van der Waals surface area contributed by atoms with Crippen LogP contribution in [0.5, 0.6) is 0 Å². The van der Waals surface area contributed by atoms with Gasteiger partial charge in [0.25, 0.3) is 5.82 Å². The van der Waals surface area contributed by atoms with Gasteiger partial charge in [-0.15, -0.1) is 0 Å². The maximum atomic E-state index is 8.26. The molecule has 1 aromatic heterocycles. The number of aryl methyl sites for hydroxylation is 4. The van der Waals surface area contributed by atoms with Gasteiger partial charge in [-0.05, 0) is 38.3 Å². The highest BCUT2D eigenvalue weighted by Gasteiger charge is 2.24. The number of fused-ring (bicyclic) bond motifs is 1. The largest absolute Gasteiger partial charge is 0.278 e. The van der Waals surface area contributed by atoms with Crippen LogP contribution in [0.3, 0.4) is 0 Å². The predicted molar refractivity (Wildman–Crippen MR) is 66.3 cm³/mol. The fourth-order valence-corrected chi connectivity index (χ4v) is 2.73. The van der Waals surface area contributed by atoms with Crippen molar-refractivity contribution >= 4 is 0 Å². The van der Waals surface area contributed by atoms with Crippen LogP contribution in [0.15, 0.2) is 18.4 Å². The zero-order valence-corrected chi connectivity index (χ0v) is 10.6. The van der Waals surface area contributed by atoms with E-state index in [0.717, 1.165) is 30.9 Å². The zero-order chi connectivity index (χ0) is 12.9. The van der Waals surface area contributed by atoms with Crippen LogP contribution in [0.4, 0.5) is 0 Å². The Kier molecular flexibility index (Phi) is 2.04. The van der Waals surface area contributed by atoms with Gasteiger partial charge in [0.15, 0.2) is 0 Å². The van der Waals surface area contributed by atoms with Crippen molar-refractivity contribution in [3.05, 3.63) is 41.0 Å². The highest BCUT2D eigenvalue weighted by molar-refractivity contribution is 5.48. The smallest absolute Gasteiger partial charge is 0.234 e. The number of benzene rings is 1. The first kappa shape index (κ1) is 9.40. The molecular formula is C14H18N3+. The van der Waals surface area contributed by atoms with Crippen molar-refractivity contribution in [1.29, 1.82) is 0 Å². The molecule has 0 saturated carbocycles. The molecule has 2 aromatic rings. The highest BCUT2D eigenvalue weighted by Crippen LogP contribution is 2.20. The van der Waals surface area contributed by atoms with E-state index < -0.39 is 0 Å². The number of hydrogen-bond acceptors (Lipinski definition) is 1. The van der Waals surface area contributed by atoms with Gasteiger partial charge < -0.3 is 0 Å². The summed E-state index contributed by atoms with van der Waals surface area (Å²) in [5, 5.41) is 4.60. The van der Waals surface area contributed by atoms with Crippen LogP contribution in [0.1, 0.15) is 30.3 Å². The fraction of sp³-hybridized carbons (Fsp3) is 0.429. The van der Waals surface area contributed by atoms with Crippen molar-refractivity contribution in [2.75, 3.05) is 0 Å². The standard InChI is InChI=1S/C14H18N3/c1-10-7-11(2)14(12(3)8-10)17-9-16-6-4-5-13(16)15-17/h7-9H,4-6H2,1-3H3/q+1/i9D. The van der Waals surface area contributed by atoms with Gasteiger partial charge in [-0.1, -0.05) is 22.4 Å². The van der Waals surface area contributed by atoms with E-state index in [9.17, 15) is 0 Å². The lowest BCUT2D eigenvalue weighted by molar-refractivity contribution is -0.691. The molecule has 2 heterocycles. The zero-order valence-electron chi connectivity index (χ0n) is 11.6. The Morgan fingerprint density at radius 2 is 2.00 bits per heavy atom. The minimum absolute atomic E-state index is 0.498. The molecule has 0 bridgehead atoms. The van der Waals surface area contributed by atoms with Gasteiger partial charge in [-0.2, -0.15) is 0 Å². The van der Waals surface area contributed by atoms with Gasteiger partial charge in [-0.3, -0.25) is 0 Å². The summed E-state index contributed by atoms with van der Waals surface area (Å²) in [6, 6.07) is 4.30. The Morgan fingerprint density at radius 3 is 2.65 bits per heavy atom. The molecule has 1 aliphatic rings. The Labute approximate surface area is 103 Å². The second-order valence-electron chi connectivity index (χ2n) is 4.93. The van der Waals surface area contributed by atoms with Gasteiger partial charge in [0, 0.05) is 11.5 Å². The lowest BCUT2D eigenvalue weighted by Crippen LogP contribution is -2.29. The van der Waals surface area contributed by atoms with E-state index in [1.807, 2.05) is 4.57 Å². The second-order valence-corrected chi connectivity index (χ2v) is 4.93. The Morgan fingerprint density at radius 1 is 1.29 bits per heavy atom. The number of aromatic nitrogens is 3. The highest BCUT2D eigenvalue weighted by atomic mass is 15.4. The monoisotopic (exact) mass is 229 g/mol. The average molecular weight is 229 g/mol. The van der Waals surface area contributed by atoms with Crippen LogP contribution < -0.4 is 4.57 Å². The van der Waals surface area contributed by atoms with Crippen molar-refractivity contribution in [3.63, 3.8) is 0 Å². The molecule has 17 heavy (non-hydrogen) atoms. The van der Waals surface area contributed by atoms with Gasteiger partial charge in [0.05, 0.1) is 6.54 Å². The molecule has 0 unspecified atom stereocenters. The summed E-state index contributed by atoms with van der Waals surface area (Å²) in [5.41, 5.74) is 4.69. The van der Waals surface area contributed by atoms with Gasteiger partial charge in [0.1, 0.15) is 7.06 Å². The van der Waals surface area contributed by atoms with Gasteiger partial charge >= 0.3 is 0 Å². The summed E-state index contributed by atoms with van der Waals surface area (Å²) in [4.78, 5) is 0. The van der Waals surface area contributed by atoms with Crippen LogP contribution in [0.25, 0.3) is 5.69 Å². The summed E-state index contributed by atoms with van der Waals surface area (Å²) in [6.07, 6.45) is 2.60. The molecule has 1 aromatic carbocycles. The summed E-state index contributed by atoms with van der Waals surface area (Å²) >= 11 is 0. The molecule has 0 N–H and O–H groups in total. The minimum Gasteiger partial charge on any atom is -0.234 e. The third-order valence-electron chi connectivity index (χ3n) is 3.37. The Hall–Kier alpha value is -1.64. The summed E-state index contributed by atoms with van der Waals surface area (Å²) < 4.78 is 12.1. The fourth-order valence-electron chi connectivity index (χ4n) is 2.73. The van der Waals surface area contributed by atoms with Crippen LogP contribution in [0, 0.1) is 20.8 Å². The lowest BCUT2D eigenvalue weighted by atomic mass is 10.1. The average Bonchev–Trinajstić information content (AvgIpc) is 2.82. The maximum absolute atomic E-state index is 8.26. The normalized spacial score (nSPS) is 14.9. The van der Waals surface area contributed by atoms with Crippen molar-refractivity contribution in [3.8, 4) is 5.69 Å². The van der Waals surface area contributed by atoms with E-state index in [1.54, 1.807) is 4.68 Å². The topological polar surface area (TPSA) is 21.7 Å². The molecule has 3 rings (SSSR count). The molecule has 0 amide bonds. The third-order valence-corrected chi connectivity index (χ3v) is 3.37. The van der Waals surface area contributed by atoms with Gasteiger partial charge in [-0.25, -0.2) is 4.57 Å². The van der Waals surface area contributed by atoms with E-state index in [-0.39, 0.29) is 0 Å². The van der Waals surface area contributed by atoms with E-state index in [2.05, 4.69) is 38.0 Å². The summed E-state index contributed by atoms with van der Waals surface area (Å²) in [5.74, 6) is 1.04. The molecule has 0 radical (unpaired) electrons. The Bertz CT molecular complexity index is 605. The second kappa shape index (κ2) is 3.69. The minimum atomic E-state index is 0.498. The molecule has 3 heteroatoms. The van der Waals surface area contributed by atoms with E-state index in [0.29, 0.717) is 6.30 Å². The number of nitrogens with zero attached hydrogens (tertiary/aromatic N) is 3. The van der Waals surface area contributed by atoms with Crippen LogP contribution in [0.2, 0.25) is 0 Å². The predicted octanol–water partition coefficient (Wildman–Crippen LogP) is 2.03. The molecule has 0 aliphatic carbocycles. The van der Waals surface area contributed by atoms with E-state index in [1.165, 1.54) is 16.7 Å². The molecule has 1 aliphatic heterocycles. The first-order valence-corrected chi connectivity index (χ1v) is 6.14. The van der Waals surface area contributed by atoms with Crippen LogP contribution >= 0.6 is 0 Å². The van der Waals surface area contributed by atoms with Gasteiger partial charge in [0.2, 0.25) is 6.30 Å². The van der Waals surface area contributed by atoms with Crippen LogP contribution in [-0.2, 0) is 13.0 Å². The Balaban J connectivity index is 2.22. The molecule has 3 nitrogen and oxygen atoms in total. The van der Waals surface area contributed by atoms with Crippen molar-refractivity contribution in [2.45, 2.75) is 40.2 Å². The van der Waals surface area contributed by atoms with Crippen LogP contribution in [-0.4, -0.2) is 9.78 Å². The molecule has 0 atom stereocenters. The third kappa shape index (κ3) is 1.66. The summed E-state index contributed by atoms with van der Waals surface area (Å²) in [6.45, 7) is 7.21. The SMILES string of the molecule is [2H]c1n(-c2c(C)cc(C)cc2C)nc2[n+]1CCC2.